The average molecular weight is 282 g/mol. The van der Waals surface area contributed by atoms with Gasteiger partial charge in [0.2, 0.25) is 0 Å². The summed E-state index contributed by atoms with van der Waals surface area (Å²) in [5.74, 6) is -0.946. The summed E-state index contributed by atoms with van der Waals surface area (Å²) in [6.45, 7) is 3.78. The van der Waals surface area contributed by atoms with Crippen molar-refractivity contribution in [3.8, 4) is 0 Å². The molecule has 1 saturated carbocycles. The standard InChI is InChI=1S/C13H18N2O3S/c1-8-4-3-5-13(6-8,12(17)18)15-11(16)10-9(2)14-7-19-10/h7-8H,3-6H2,1-2H3,(H,15,16)(H,17,18). The van der Waals surface area contributed by atoms with Crippen LogP contribution >= 0.6 is 11.3 Å². The predicted octanol–water partition coefficient (Wildman–Crippen LogP) is 2.21. The number of amides is 1. The highest BCUT2D eigenvalue weighted by Crippen LogP contribution is 2.33. The molecule has 2 atom stereocenters. The summed E-state index contributed by atoms with van der Waals surface area (Å²) < 4.78 is 0. The number of aromatic nitrogens is 1. The molecule has 0 aromatic carbocycles. The number of hydrogen-bond donors (Lipinski definition) is 2. The van der Waals surface area contributed by atoms with Gasteiger partial charge in [0.25, 0.3) is 5.91 Å². The van der Waals surface area contributed by atoms with Crippen LogP contribution in [0.4, 0.5) is 0 Å². The third-order valence-corrected chi connectivity index (χ3v) is 4.64. The van der Waals surface area contributed by atoms with E-state index in [4.69, 9.17) is 0 Å². The molecule has 0 bridgehead atoms. The highest BCUT2D eigenvalue weighted by molar-refractivity contribution is 7.11. The topological polar surface area (TPSA) is 79.3 Å². The van der Waals surface area contributed by atoms with Crippen molar-refractivity contribution in [2.45, 2.75) is 45.1 Å². The summed E-state index contributed by atoms with van der Waals surface area (Å²) in [4.78, 5) is 28.3. The van der Waals surface area contributed by atoms with Crippen molar-refractivity contribution >= 4 is 23.2 Å². The number of carbonyl (C=O) groups is 2. The van der Waals surface area contributed by atoms with Crippen LogP contribution in [0.25, 0.3) is 0 Å². The predicted molar refractivity (Wildman–Crippen MR) is 72.3 cm³/mol. The van der Waals surface area contributed by atoms with Crippen LogP contribution in [0.15, 0.2) is 5.51 Å². The molecule has 0 spiro atoms. The van der Waals surface area contributed by atoms with Gasteiger partial charge in [-0.3, -0.25) is 4.79 Å². The summed E-state index contributed by atoms with van der Waals surface area (Å²) in [5.41, 5.74) is 1.12. The van der Waals surface area contributed by atoms with Crippen LogP contribution in [0.3, 0.4) is 0 Å². The van der Waals surface area contributed by atoms with Gasteiger partial charge in [0.1, 0.15) is 10.4 Å². The van der Waals surface area contributed by atoms with Crippen molar-refractivity contribution < 1.29 is 14.7 Å². The first-order valence-electron chi connectivity index (χ1n) is 6.40. The van der Waals surface area contributed by atoms with Crippen molar-refractivity contribution in [1.82, 2.24) is 10.3 Å². The second-order valence-electron chi connectivity index (χ2n) is 5.31. The van der Waals surface area contributed by atoms with E-state index in [1.807, 2.05) is 6.92 Å². The summed E-state index contributed by atoms with van der Waals surface area (Å²) >= 11 is 1.24. The molecule has 5 nitrogen and oxygen atoms in total. The monoisotopic (exact) mass is 282 g/mol. The highest BCUT2D eigenvalue weighted by atomic mass is 32.1. The number of nitrogens with zero attached hydrogens (tertiary/aromatic N) is 1. The van der Waals surface area contributed by atoms with Crippen LogP contribution < -0.4 is 5.32 Å². The van der Waals surface area contributed by atoms with E-state index in [2.05, 4.69) is 10.3 Å². The van der Waals surface area contributed by atoms with Gasteiger partial charge in [0.15, 0.2) is 0 Å². The van der Waals surface area contributed by atoms with Gasteiger partial charge >= 0.3 is 5.97 Å². The van der Waals surface area contributed by atoms with E-state index in [9.17, 15) is 14.7 Å². The van der Waals surface area contributed by atoms with Gasteiger partial charge in [-0.1, -0.05) is 19.8 Å². The molecule has 19 heavy (non-hydrogen) atoms. The maximum atomic E-state index is 12.2. The Bertz CT molecular complexity index is 500. The van der Waals surface area contributed by atoms with Gasteiger partial charge < -0.3 is 10.4 Å². The molecule has 1 amide bonds. The van der Waals surface area contributed by atoms with E-state index in [0.717, 1.165) is 12.8 Å². The molecule has 2 rings (SSSR count). The Balaban J connectivity index is 2.20. The number of carbonyl (C=O) groups excluding carboxylic acids is 1. The van der Waals surface area contributed by atoms with E-state index in [-0.39, 0.29) is 5.91 Å². The Morgan fingerprint density at radius 3 is 2.84 bits per heavy atom. The zero-order chi connectivity index (χ0) is 14.0. The van der Waals surface area contributed by atoms with Gasteiger partial charge in [0.05, 0.1) is 11.2 Å². The maximum absolute atomic E-state index is 12.2. The Kier molecular flexibility index (Phi) is 3.89. The average Bonchev–Trinajstić information content (AvgIpc) is 2.75. The molecule has 1 aromatic heterocycles. The maximum Gasteiger partial charge on any atom is 0.329 e. The SMILES string of the molecule is Cc1ncsc1C(=O)NC1(C(=O)O)CCCC(C)C1. The quantitative estimate of drug-likeness (QED) is 0.891. The molecular weight excluding hydrogens is 264 g/mol. The molecule has 0 radical (unpaired) electrons. The van der Waals surface area contributed by atoms with E-state index in [1.54, 1.807) is 12.4 Å². The minimum Gasteiger partial charge on any atom is -0.480 e. The number of hydrogen-bond acceptors (Lipinski definition) is 4. The number of aryl methyl sites for hydroxylation is 1. The minimum absolute atomic E-state index is 0.313. The minimum atomic E-state index is -1.12. The lowest BCUT2D eigenvalue weighted by atomic mass is 9.76. The Morgan fingerprint density at radius 2 is 2.32 bits per heavy atom. The number of thiazole rings is 1. The smallest absolute Gasteiger partial charge is 0.329 e. The molecule has 6 heteroatoms. The second kappa shape index (κ2) is 5.28. The molecule has 1 aliphatic carbocycles. The van der Waals surface area contributed by atoms with Crippen LogP contribution in [-0.2, 0) is 4.79 Å². The largest absolute Gasteiger partial charge is 0.480 e. The zero-order valence-electron chi connectivity index (χ0n) is 11.1. The van der Waals surface area contributed by atoms with E-state index in [0.29, 0.717) is 29.3 Å². The molecule has 2 unspecified atom stereocenters. The molecule has 1 heterocycles. The number of aliphatic carboxylic acids is 1. The number of nitrogens with one attached hydrogen (secondary N) is 1. The molecule has 0 aliphatic heterocycles. The van der Waals surface area contributed by atoms with Crippen molar-refractivity contribution in [1.29, 1.82) is 0 Å². The van der Waals surface area contributed by atoms with Crippen molar-refractivity contribution in [2.24, 2.45) is 5.92 Å². The zero-order valence-corrected chi connectivity index (χ0v) is 11.9. The number of carboxylic acid groups (broad SMARTS) is 1. The fourth-order valence-corrected chi connectivity index (χ4v) is 3.40. The Morgan fingerprint density at radius 1 is 1.58 bits per heavy atom. The Hall–Kier alpha value is -1.43. The van der Waals surface area contributed by atoms with Crippen molar-refractivity contribution in [3.05, 3.63) is 16.1 Å². The van der Waals surface area contributed by atoms with Crippen molar-refractivity contribution in [3.63, 3.8) is 0 Å². The van der Waals surface area contributed by atoms with Crippen LogP contribution in [-0.4, -0.2) is 27.5 Å². The molecule has 1 aliphatic rings. The van der Waals surface area contributed by atoms with Crippen LogP contribution in [0, 0.1) is 12.8 Å². The number of rotatable bonds is 3. The summed E-state index contributed by atoms with van der Waals surface area (Å²) in [5, 5.41) is 12.2. The van der Waals surface area contributed by atoms with Crippen LogP contribution in [0.5, 0.6) is 0 Å². The van der Waals surface area contributed by atoms with Gasteiger partial charge in [-0.25, -0.2) is 9.78 Å². The first-order chi connectivity index (χ1) is 8.94. The molecule has 0 saturated heterocycles. The normalized spacial score (nSPS) is 26.9. The van der Waals surface area contributed by atoms with E-state index in [1.165, 1.54) is 11.3 Å². The fraction of sp³-hybridized carbons (Fsp3) is 0.615. The van der Waals surface area contributed by atoms with E-state index >= 15 is 0 Å². The summed E-state index contributed by atoms with van der Waals surface area (Å²) in [6.07, 6.45) is 2.84. The second-order valence-corrected chi connectivity index (χ2v) is 6.16. The fourth-order valence-electron chi connectivity index (χ4n) is 2.71. The van der Waals surface area contributed by atoms with Crippen LogP contribution in [0.2, 0.25) is 0 Å². The summed E-state index contributed by atoms with van der Waals surface area (Å²) in [7, 11) is 0. The molecular formula is C13H18N2O3S. The summed E-state index contributed by atoms with van der Waals surface area (Å²) in [6, 6.07) is 0. The lowest BCUT2D eigenvalue weighted by Crippen LogP contribution is -2.56. The molecule has 1 aromatic rings. The molecule has 2 N–H and O–H groups in total. The number of carboxylic acids is 1. The first-order valence-corrected chi connectivity index (χ1v) is 7.28. The third kappa shape index (κ3) is 2.78. The first kappa shape index (κ1) is 14.0. The highest BCUT2D eigenvalue weighted by Gasteiger charge is 2.43. The van der Waals surface area contributed by atoms with Gasteiger partial charge in [-0.2, -0.15) is 0 Å². The van der Waals surface area contributed by atoms with Crippen LogP contribution in [0.1, 0.15) is 48.0 Å². The third-order valence-electron chi connectivity index (χ3n) is 3.71. The van der Waals surface area contributed by atoms with Crippen molar-refractivity contribution in [2.75, 3.05) is 0 Å². The molecule has 104 valence electrons. The Labute approximate surface area is 116 Å². The van der Waals surface area contributed by atoms with Gasteiger partial charge in [0, 0.05) is 0 Å². The van der Waals surface area contributed by atoms with E-state index < -0.39 is 11.5 Å². The lowest BCUT2D eigenvalue weighted by Gasteiger charge is -2.36. The van der Waals surface area contributed by atoms with Gasteiger partial charge in [-0.15, -0.1) is 11.3 Å². The lowest BCUT2D eigenvalue weighted by molar-refractivity contribution is -0.146. The molecule has 1 fully saturated rings. The van der Waals surface area contributed by atoms with Gasteiger partial charge in [-0.05, 0) is 25.7 Å².